The monoisotopic (exact) mass is 442 g/mol. The van der Waals surface area contributed by atoms with Crippen LogP contribution in [0.25, 0.3) is 11.0 Å². The van der Waals surface area contributed by atoms with Crippen LogP contribution in [0.3, 0.4) is 0 Å². The maximum absolute atomic E-state index is 12.3. The number of imidazole rings is 1. The number of rotatable bonds is 8. The van der Waals surface area contributed by atoms with Crippen molar-refractivity contribution in [2.45, 2.75) is 86.2 Å². The van der Waals surface area contributed by atoms with Gasteiger partial charge in [-0.1, -0.05) is 47.5 Å². The van der Waals surface area contributed by atoms with E-state index < -0.39 is 11.3 Å². The molecule has 0 spiro atoms. The van der Waals surface area contributed by atoms with E-state index in [1.165, 1.54) is 19.0 Å². The lowest BCUT2D eigenvalue weighted by Crippen LogP contribution is -2.26. The second-order valence-corrected chi connectivity index (χ2v) is 7.30. The molecule has 3 aromatic heterocycles. The van der Waals surface area contributed by atoms with Gasteiger partial charge >= 0.3 is 0 Å². The first-order valence-corrected chi connectivity index (χ1v) is 11.6. The van der Waals surface area contributed by atoms with Gasteiger partial charge in [0.1, 0.15) is 17.0 Å². The Morgan fingerprint density at radius 1 is 1.19 bits per heavy atom. The van der Waals surface area contributed by atoms with E-state index in [4.69, 9.17) is 5.73 Å². The van der Waals surface area contributed by atoms with Crippen LogP contribution in [-0.2, 0) is 6.54 Å². The number of carbonyl (C=O) groups is 1. The topological polar surface area (TPSA) is 109 Å². The van der Waals surface area contributed by atoms with Crippen molar-refractivity contribution in [3.8, 4) is 0 Å². The highest BCUT2D eigenvalue weighted by atomic mass is 16.2. The molecule has 176 valence electrons. The molecule has 1 atom stereocenters. The van der Waals surface area contributed by atoms with E-state index in [1.807, 2.05) is 37.1 Å². The molecule has 0 bridgehead atoms. The van der Waals surface area contributed by atoms with Crippen LogP contribution in [0.5, 0.6) is 0 Å². The molecular weight excluding hydrogens is 404 g/mol. The predicted octanol–water partition coefficient (Wildman–Crippen LogP) is 4.66. The molecule has 8 heteroatoms. The zero-order valence-electron chi connectivity index (χ0n) is 20.3. The van der Waals surface area contributed by atoms with E-state index >= 15 is 0 Å². The van der Waals surface area contributed by atoms with Crippen LogP contribution in [0.15, 0.2) is 35.9 Å². The Labute approximate surface area is 190 Å². The highest BCUT2D eigenvalue weighted by Crippen LogP contribution is 2.22. The first kappa shape index (κ1) is 27.0. The molecule has 0 radical (unpaired) electrons. The van der Waals surface area contributed by atoms with E-state index in [2.05, 4.69) is 40.3 Å². The second-order valence-electron chi connectivity index (χ2n) is 7.30. The Morgan fingerprint density at radius 3 is 2.44 bits per heavy atom. The fourth-order valence-electron chi connectivity index (χ4n) is 3.31. The third kappa shape index (κ3) is 7.28. The van der Waals surface area contributed by atoms with Crippen LogP contribution in [0, 0.1) is 6.92 Å². The number of amides is 1. The average molecular weight is 443 g/mol. The molecule has 0 saturated carbocycles. The van der Waals surface area contributed by atoms with Gasteiger partial charge in [-0.2, -0.15) is 0 Å². The molecular formula is C24H38N6O2. The zero-order valence-corrected chi connectivity index (χ0v) is 20.3. The molecule has 3 rings (SSSR count). The summed E-state index contributed by atoms with van der Waals surface area (Å²) in [5.41, 5.74) is 5.48. The van der Waals surface area contributed by atoms with Gasteiger partial charge in [0.15, 0.2) is 0 Å². The number of hydrogen-bond donors (Lipinski definition) is 1. The van der Waals surface area contributed by atoms with Gasteiger partial charge in [0, 0.05) is 37.4 Å². The molecule has 0 aliphatic carbocycles. The third-order valence-electron chi connectivity index (χ3n) is 4.97. The molecule has 3 aromatic rings. The van der Waals surface area contributed by atoms with E-state index in [0.717, 1.165) is 25.8 Å². The number of aryl methyl sites for hydroxylation is 2. The Hall–Kier alpha value is -3.03. The first-order chi connectivity index (χ1) is 15.4. The van der Waals surface area contributed by atoms with Gasteiger partial charge in [-0.25, -0.2) is 15.0 Å². The highest BCUT2D eigenvalue weighted by molar-refractivity contribution is 5.95. The van der Waals surface area contributed by atoms with Crippen LogP contribution >= 0.6 is 0 Å². The van der Waals surface area contributed by atoms with Gasteiger partial charge in [0.2, 0.25) is 5.43 Å². The summed E-state index contributed by atoms with van der Waals surface area (Å²) < 4.78 is 4.00. The summed E-state index contributed by atoms with van der Waals surface area (Å²) in [6, 6.07) is 0.172. The number of nitrogens with two attached hydrogens (primary N) is 1. The number of nitrogens with zero attached hydrogens (tertiary/aromatic N) is 5. The van der Waals surface area contributed by atoms with E-state index in [0.29, 0.717) is 16.9 Å². The number of hydrogen-bond acceptors (Lipinski definition) is 5. The Morgan fingerprint density at radius 2 is 1.91 bits per heavy atom. The largest absolute Gasteiger partial charge is 0.365 e. The smallest absolute Gasteiger partial charge is 0.254 e. The number of pyridine rings is 1. The Kier molecular flexibility index (Phi) is 11.9. The average Bonchev–Trinajstić information content (AvgIpc) is 3.32. The van der Waals surface area contributed by atoms with Gasteiger partial charge in [0.25, 0.3) is 5.91 Å². The summed E-state index contributed by atoms with van der Waals surface area (Å²) in [6.07, 6.45) is 14.0. The number of primary amides is 1. The van der Waals surface area contributed by atoms with E-state index in [9.17, 15) is 9.59 Å². The molecule has 1 unspecified atom stereocenters. The molecule has 8 nitrogen and oxygen atoms in total. The van der Waals surface area contributed by atoms with Gasteiger partial charge in [-0.05, 0) is 26.2 Å². The summed E-state index contributed by atoms with van der Waals surface area (Å²) in [5, 5.41) is 0.339. The highest BCUT2D eigenvalue weighted by Gasteiger charge is 2.18. The Bertz CT molecular complexity index is 1010. The number of carbonyl (C=O) groups excluding carboxylic acids is 1. The van der Waals surface area contributed by atoms with Crippen LogP contribution in [0.2, 0.25) is 0 Å². The quantitative estimate of drug-likeness (QED) is 0.546. The van der Waals surface area contributed by atoms with Crippen molar-refractivity contribution >= 4 is 16.9 Å². The van der Waals surface area contributed by atoms with Crippen molar-refractivity contribution in [2.75, 3.05) is 0 Å². The van der Waals surface area contributed by atoms with Crippen molar-refractivity contribution in [3.63, 3.8) is 0 Å². The molecule has 0 aromatic carbocycles. The summed E-state index contributed by atoms with van der Waals surface area (Å²) in [5.74, 6) is -0.128. The molecule has 0 aliphatic heterocycles. The van der Waals surface area contributed by atoms with E-state index in [1.54, 1.807) is 13.1 Å². The van der Waals surface area contributed by atoms with Crippen LogP contribution in [0.1, 0.15) is 88.9 Å². The minimum atomic E-state index is -0.720. The van der Waals surface area contributed by atoms with Gasteiger partial charge in [-0.15, -0.1) is 0 Å². The second kappa shape index (κ2) is 14.1. The molecule has 2 N–H and O–H groups in total. The fourth-order valence-corrected chi connectivity index (χ4v) is 3.31. The maximum atomic E-state index is 12.3. The van der Waals surface area contributed by atoms with Gasteiger partial charge < -0.3 is 14.9 Å². The fraction of sp³-hybridized carbons (Fsp3) is 0.542. The first-order valence-electron chi connectivity index (χ1n) is 11.6. The summed E-state index contributed by atoms with van der Waals surface area (Å²) >= 11 is 0. The minimum Gasteiger partial charge on any atom is -0.365 e. The molecule has 3 heterocycles. The van der Waals surface area contributed by atoms with Crippen LogP contribution in [0.4, 0.5) is 0 Å². The minimum absolute atomic E-state index is 0.00972. The van der Waals surface area contributed by atoms with Crippen LogP contribution < -0.4 is 11.2 Å². The maximum Gasteiger partial charge on any atom is 0.254 e. The molecule has 1 amide bonds. The standard InChI is InChI=1S/C15H20N4O2.C7H12N2.C2H6/c1-4-6-10(5-2)19-8-12(14(16)21)13(20)11-7-17-9(3)18-15(11)19;1-2-3-5-9-6-4-8-7-9;1-2/h7-8,10H,4-6H2,1-3H3,(H2,16,21);4,6-7H,2-3,5H2,1H3;1-2H3. The van der Waals surface area contributed by atoms with Crippen molar-refractivity contribution < 1.29 is 4.79 Å². The van der Waals surface area contributed by atoms with Crippen molar-refractivity contribution in [3.05, 3.63) is 52.7 Å². The van der Waals surface area contributed by atoms with Gasteiger partial charge in [0.05, 0.1) is 11.7 Å². The molecule has 0 saturated heterocycles. The summed E-state index contributed by atoms with van der Waals surface area (Å²) in [4.78, 5) is 36.2. The zero-order chi connectivity index (χ0) is 24.1. The van der Waals surface area contributed by atoms with Gasteiger partial charge in [-0.3, -0.25) is 9.59 Å². The SMILES string of the molecule is CC.CCCC(CC)n1cc(C(N)=O)c(=O)c2cnc(C)nc21.CCCCn1ccnc1. The van der Waals surface area contributed by atoms with Crippen LogP contribution in [-0.4, -0.2) is 30.0 Å². The number of aromatic nitrogens is 5. The van der Waals surface area contributed by atoms with Crippen molar-refractivity contribution in [2.24, 2.45) is 5.73 Å². The molecule has 0 fully saturated rings. The summed E-state index contributed by atoms with van der Waals surface area (Å²) in [6.45, 7) is 13.2. The third-order valence-corrected chi connectivity index (χ3v) is 4.97. The Balaban J connectivity index is 0.000000388. The molecule has 32 heavy (non-hydrogen) atoms. The number of fused-ring (bicyclic) bond motifs is 1. The lowest BCUT2D eigenvalue weighted by Gasteiger charge is -2.21. The normalized spacial score (nSPS) is 11.2. The van der Waals surface area contributed by atoms with Crippen molar-refractivity contribution in [1.82, 2.24) is 24.1 Å². The predicted molar refractivity (Wildman–Crippen MR) is 130 cm³/mol. The lowest BCUT2D eigenvalue weighted by atomic mass is 10.1. The molecule has 0 aliphatic rings. The summed E-state index contributed by atoms with van der Waals surface area (Å²) in [7, 11) is 0. The number of unbranched alkanes of at least 4 members (excludes halogenated alkanes) is 1. The van der Waals surface area contributed by atoms with E-state index in [-0.39, 0.29) is 11.6 Å². The van der Waals surface area contributed by atoms with Crippen molar-refractivity contribution in [1.29, 1.82) is 0 Å². The lowest BCUT2D eigenvalue weighted by molar-refractivity contribution is 0.0998.